The molecular weight excluding hydrogens is 309 g/mol. The molecule has 1 aromatic carbocycles. The summed E-state index contributed by atoms with van der Waals surface area (Å²) in [6.45, 7) is 0. The van der Waals surface area contributed by atoms with Crippen molar-refractivity contribution < 1.29 is 18.3 Å². The fourth-order valence-electron chi connectivity index (χ4n) is 2.47. The number of alkyl halides is 3. The van der Waals surface area contributed by atoms with Gasteiger partial charge in [0.2, 0.25) is 6.35 Å². The van der Waals surface area contributed by atoms with Crippen LogP contribution in [0.5, 0.6) is 0 Å². The normalized spacial score (nSPS) is 19.4. The Labute approximate surface area is 130 Å². The van der Waals surface area contributed by atoms with E-state index in [9.17, 15) is 18.3 Å². The highest BCUT2D eigenvalue weighted by Crippen LogP contribution is 2.38. The molecule has 0 radical (unpaired) electrons. The lowest BCUT2D eigenvalue weighted by Crippen LogP contribution is -2.51. The van der Waals surface area contributed by atoms with Crippen molar-refractivity contribution in [1.82, 2.24) is 10.3 Å². The predicted molar refractivity (Wildman–Crippen MR) is 79.4 cm³/mol. The third-order valence-electron chi connectivity index (χ3n) is 3.50. The van der Waals surface area contributed by atoms with Gasteiger partial charge in [-0.05, 0) is 30.3 Å². The Hall–Kier alpha value is -2.61. The van der Waals surface area contributed by atoms with E-state index in [0.29, 0.717) is 17.1 Å². The van der Waals surface area contributed by atoms with Crippen LogP contribution in [0.4, 0.5) is 24.5 Å². The topological polar surface area (TPSA) is 60.8 Å². The van der Waals surface area contributed by atoms with Crippen LogP contribution in [-0.2, 0) is 6.18 Å². The Kier molecular flexibility index (Phi) is 3.69. The first-order valence-electron chi connectivity index (χ1n) is 6.74. The number of aliphatic hydroxyl groups is 1. The number of aliphatic hydroxyl groups excluding tert-OH is 1. The number of aliphatic imine (C=N–C) groups is 1. The van der Waals surface area contributed by atoms with Gasteiger partial charge in [0, 0.05) is 18.8 Å². The van der Waals surface area contributed by atoms with Crippen molar-refractivity contribution in [3.8, 4) is 0 Å². The Balaban J connectivity index is 2.21. The first kappa shape index (κ1) is 15.3. The molecule has 0 saturated heterocycles. The molecule has 3 rings (SSSR count). The summed E-state index contributed by atoms with van der Waals surface area (Å²) < 4.78 is 39.1. The van der Waals surface area contributed by atoms with Gasteiger partial charge in [-0.3, -0.25) is 14.9 Å². The number of benzene rings is 1. The summed E-state index contributed by atoms with van der Waals surface area (Å²) in [4.78, 5) is 9.27. The number of pyridine rings is 1. The quantitative estimate of drug-likeness (QED) is 0.847. The molecule has 2 N–H and O–H groups in total. The molecule has 1 aliphatic rings. The molecule has 2 heterocycles. The minimum Gasteiger partial charge on any atom is -0.356 e. The van der Waals surface area contributed by atoms with Crippen LogP contribution in [-0.4, -0.2) is 29.3 Å². The molecule has 1 atom stereocenters. The summed E-state index contributed by atoms with van der Waals surface area (Å²) >= 11 is 0. The molecule has 1 aliphatic heterocycles. The summed E-state index contributed by atoms with van der Waals surface area (Å²) in [6, 6.07) is 6.61. The number of nitrogens with zero attached hydrogens (tertiary/aromatic N) is 3. The van der Waals surface area contributed by atoms with Crippen LogP contribution >= 0.6 is 0 Å². The second-order valence-corrected chi connectivity index (χ2v) is 4.90. The molecular formula is C15H13F3N4O. The highest BCUT2D eigenvalue weighted by Gasteiger charge is 2.35. The van der Waals surface area contributed by atoms with Crippen LogP contribution < -0.4 is 10.2 Å². The summed E-state index contributed by atoms with van der Waals surface area (Å²) in [5.41, 5.74) is 0.340. The Morgan fingerprint density at radius 3 is 2.70 bits per heavy atom. The maximum Gasteiger partial charge on any atom is 0.416 e. The second-order valence-electron chi connectivity index (χ2n) is 4.90. The molecule has 0 spiro atoms. The molecule has 120 valence electrons. The van der Waals surface area contributed by atoms with Crippen LogP contribution in [0.25, 0.3) is 0 Å². The summed E-state index contributed by atoms with van der Waals surface area (Å²) in [5, 5.41) is 13.0. The molecule has 0 aliphatic carbocycles. The average molecular weight is 322 g/mol. The van der Waals surface area contributed by atoms with Crippen LogP contribution in [0.1, 0.15) is 11.1 Å². The van der Waals surface area contributed by atoms with Gasteiger partial charge in [0.1, 0.15) is 5.84 Å². The van der Waals surface area contributed by atoms with E-state index in [-0.39, 0.29) is 5.69 Å². The minimum atomic E-state index is -4.48. The zero-order chi connectivity index (χ0) is 16.6. The molecule has 0 fully saturated rings. The smallest absolute Gasteiger partial charge is 0.356 e. The lowest BCUT2D eigenvalue weighted by molar-refractivity contribution is -0.137. The predicted octanol–water partition coefficient (Wildman–Crippen LogP) is 2.49. The van der Waals surface area contributed by atoms with Crippen molar-refractivity contribution in [2.24, 2.45) is 4.99 Å². The molecule has 0 amide bonds. The van der Waals surface area contributed by atoms with E-state index >= 15 is 0 Å². The summed E-state index contributed by atoms with van der Waals surface area (Å²) in [6.07, 6.45) is -2.73. The number of hydrogen-bond acceptors (Lipinski definition) is 4. The van der Waals surface area contributed by atoms with Crippen molar-refractivity contribution in [2.75, 3.05) is 11.9 Å². The van der Waals surface area contributed by atoms with E-state index in [1.807, 2.05) is 0 Å². The van der Waals surface area contributed by atoms with Gasteiger partial charge < -0.3 is 10.4 Å². The van der Waals surface area contributed by atoms with Gasteiger partial charge in [0.15, 0.2) is 0 Å². The summed E-state index contributed by atoms with van der Waals surface area (Å²) in [7, 11) is 1.50. The van der Waals surface area contributed by atoms with Gasteiger partial charge in [-0.25, -0.2) is 0 Å². The van der Waals surface area contributed by atoms with E-state index in [0.717, 1.165) is 12.1 Å². The van der Waals surface area contributed by atoms with Crippen molar-refractivity contribution in [2.45, 2.75) is 12.5 Å². The van der Waals surface area contributed by atoms with Gasteiger partial charge in [-0.15, -0.1) is 0 Å². The van der Waals surface area contributed by atoms with Crippen molar-refractivity contribution in [3.63, 3.8) is 0 Å². The van der Waals surface area contributed by atoms with E-state index in [1.54, 1.807) is 18.3 Å². The van der Waals surface area contributed by atoms with E-state index in [4.69, 9.17) is 0 Å². The largest absolute Gasteiger partial charge is 0.416 e. The molecule has 0 bridgehead atoms. The SMILES string of the molecule is CN=C1NC(O)N(c2cccnc2)c2cc(C(F)(F)F)ccc21. The molecule has 0 saturated carbocycles. The molecule has 8 heteroatoms. The lowest BCUT2D eigenvalue weighted by atomic mass is 10.0. The number of amidine groups is 1. The van der Waals surface area contributed by atoms with Gasteiger partial charge in [0.05, 0.1) is 23.1 Å². The van der Waals surface area contributed by atoms with Crippen molar-refractivity contribution in [3.05, 3.63) is 53.9 Å². The van der Waals surface area contributed by atoms with Crippen molar-refractivity contribution in [1.29, 1.82) is 0 Å². The lowest BCUT2D eigenvalue weighted by Gasteiger charge is -2.37. The van der Waals surface area contributed by atoms with Crippen LogP contribution in [0.2, 0.25) is 0 Å². The van der Waals surface area contributed by atoms with Crippen molar-refractivity contribution >= 4 is 17.2 Å². The third kappa shape index (κ3) is 2.72. The molecule has 23 heavy (non-hydrogen) atoms. The fourth-order valence-corrected chi connectivity index (χ4v) is 2.47. The van der Waals surface area contributed by atoms with E-state index < -0.39 is 18.1 Å². The second kappa shape index (κ2) is 5.54. The van der Waals surface area contributed by atoms with Crippen LogP contribution in [0.3, 0.4) is 0 Å². The highest BCUT2D eigenvalue weighted by molar-refractivity contribution is 6.06. The van der Waals surface area contributed by atoms with Gasteiger partial charge in [0.25, 0.3) is 0 Å². The molecule has 1 aromatic heterocycles. The summed E-state index contributed by atoms with van der Waals surface area (Å²) in [5.74, 6) is 0.321. The number of anilines is 2. The Bertz CT molecular complexity index is 746. The van der Waals surface area contributed by atoms with Crippen LogP contribution in [0.15, 0.2) is 47.7 Å². The van der Waals surface area contributed by atoms with E-state index in [1.165, 1.54) is 24.2 Å². The first-order chi connectivity index (χ1) is 10.9. The maximum atomic E-state index is 13.0. The fraction of sp³-hybridized carbons (Fsp3) is 0.200. The Morgan fingerprint density at radius 1 is 1.30 bits per heavy atom. The molecule has 1 unspecified atom stereocenters. The van der Waals surface area contributed by atoms with Gasteiger partial charge >= 0.3 is 6.18 Å². The first-order valence-corrected chi connectivity index (χ1v) is 6.74. The zero-order valence-corrected chi connectivity index (χ0v) is 12.0. The number of aromatic nitrogens is 1. The average Bonchev–Trinajstić information content (AvgIpc) is 2.53. The number of fused-ring (bicyclic) bond motifs is 1. The van der Waals surface area contributed by atoms with Gasteiger partial charge in [-0.1, -0.05) is 0 Å². The highest BCUT2D eigenvalue weighted by atomic mass is 19.4. The molecule has 5 nitrogen and oxygen atoms in total. The maximum absolute atomic E-state index is 13.0. The Morgan fingerprint density at radius 2 is 2.09 bits per heavy atom. The van der Waals surface area contributed by atoms with E-state index in [2.05, 4.69) is 15.3 Å². The number of nitrogens with one attached hydrogen (secondary N) is 1. The third-order valence-corrected chi connectivity index (χ3v) is 3.50. The minimum absolute atomic E-state index is 0.208. The number of hydrogen-bond donors (Lipinski definition) is 2. The standard InChI is InChI=1S/C15H13F3N4O/c1-19-13-11-5-4-9(15(16,17)18)7-12(11)22(14(23)21-13)10-3-2-6-20-8-10/h2-8,14,23H,1H3,(H,19,21). The number of halogens is 3. The zero-order valence-electron chi connectivity index (χ0n) is 12.0. The van der Waals surface area contributed by atoms with Crippen LogP contribution in [0, 0.1) is 0 Å². The number of rotatable bonds is 1. The monoisotopic (exact) mass is 322 g/mol. The molecule has 2 aromatic rings. The van der Waals surface area contributed by atoms with Gasteiger partial charge in [-0.2, -0.15) is 13.2 Å².